The summed E-state index contributed by atoms with van der Waals surface area (Å²) in [7, 11) is 0. The average molecular weight is 383 g/mol. The highest BCUT2D eigenvalue weighted by Gasteiger charge is 2.23. The first kappa shape index (κ1) is 19.8. The minimum atomic E-state index is -0.0363. The highest BCUT2D eigenvalue weighted by atomic mass is 35.5. The number of carbonyl (C=O) groups excluding carboxylic acids is 1. The van der Waals surface area contributed by atoms with Crippen molar-refractivity contribution in [2.24, 2.45) is 0 Å². The summed E-state index contributed by atoms with van der Waals surface area (Å²) in [4.78, 5) is 12.7. The number of carbonyl (C=O) groups is 1. The van der Waals surface area contributed by atoms with E-state index in [9.17, 15) is 4.79 Å². The van der Waals surface area contributed by atoms with Crippen LogP contribution in [0.2, 0.25) is 5.02 Å². The van der Waals surface area contributed by atoms with Crippen molar-refractivity contribution in [2.45, 2.75) is 38.6 Å². The Kier molecular flexibility index (Phi) is 6.87. The second kappa shape index (κ2) is 8.70. The van der Waals surface area contributed by atoms with Gasteiger partial charge in [0.2, 0.25) is 0 Å². The average Bonchev–Trinajstić information content (AvgIpc) is 3.02. The molecular formula is C18H24Cl2N4O. The van der Waals surface area contributed by atoms with Gasteiger partial charge in [-0.1, -0.05) is 25.4 Å². The number of halogens is 2. The smallest absolute Gasteiger partial charge is 0.255 e. The Morgan fingerprint density at radius 3 is 2.52 bits per heavy atom. The molecule has 25 heavy (non-hydrogen) atoms. The molecule has 3 rings (SSSR count). The normalized spacial score (nSPS) is 15.0. The van der Waals surface area contributed by atoms with Crippen molar-refractivity contribution in [1.29, 1.82) is 0 Å². The number of rotatable bonds is 4. The van der Waals surface area contributed by atoms with E-state index in [0.29, 0.717) is 10.6 Å². The quantitative estimate of drug-likeness (QED) is 0.849. The number of aromatic nitrogens is 2. The van der Waals surface area contributed by atoms with Gasteiger partial charge in [0, 0.05) is 11.1 Å². The lowest BCUT2D eigenvalue weighted by molar-refractivity contribution is 0.0928. The number of hydrogen-bond donors (Lipinski definition) is 2. The molecule has 7 heteroatoms. The fourth-order valence-electron chi connectivity index (χ4n) is 3.11. The zero-order valence-corrected chi connectivity index (χ0v) is 16.0. The van der Waals surface area contributed by atoms with Gasteiger partial charge in [0.05, 0.1) is 23.1 Å². The molecule has 0 spiro atoms. The van der Waals surface area contributed by atoms with E-state index in [-0.39, 0.29) is 30.3 Å². The van der Waals surface area contributed by atoms with Crippen molar-refractivity contribution in [2.75, 3.05) is 13.1 Å². The lowest BCUT2D eigenvalue weighted by Crippen LogP contribution is -2.42. The third-order valence-corrected chi connectivity index (χ3v) is 4.60. The van der Waals surface area contributed by atoms with Crippen molar-refractivity contribution in [3.05, 3.63) is 46.7 Å². The number of hydrogen-bond acceptors (Lipinski definition) is 3. The van der Waals surface area contributed by atoms with E-state index in [0.717, 1.165) is 37.3 Å². The van der Waals surface area contributed by atoms with Crippen molar-refractivity contribution in [3.8, 4) is 5.69 Å². The van der Waals surface area contributed by atoms with E-state index in [4.69, 9.17) is 11.6 Å². The Labute approximate surface area is 159 Å². The predicted molar refractivity (Wildman–Crippen MR) is 103 cm³/mol. The minimum Gasteiger partial charge on any atom is -0.349 e. The summed E-state index contributed by atoms with van der Waals surface area (Å²) in [6.45, 7) is 6.05. The lowest BCUT2D eigenvalue weighted by Gasteiger charge is -2.24. The van der Waals surface area contributed by atoms with Gasteiger partial charge < -0.3 is 10.6 Å². The van der Waals surface area contributed by atoms with Gasteiger partial charge in [-0.25, -0.2) is 4.68 Å². The maximum atomic E-state index is 12.7. The Morgan fingerprint density at radius 1 is 1.28 bits per heavy atom. The molecule has 2 aromatic rings. The number of amides is 1. The molecule has 1 amide bonds. The van der Waals surface area contributed by atoms with Gasteiger partial charge in [-0.3, -0.25) is 4.79 Å². The Bertz CT molecular complexity index is 706. The molecule has 0 radical (unpaired) electrons. The van der Waals surface area contributed by atoms with Crippen LogP contribution in [0.5, 0.6) is 0 Å². The molecule has 0 atom stereocenters. The van der Waals surface area contributed by atoms with Crippen LogP contribution in [0.1, 0.15) is 48.7 Å². The third-order valence-electron chi connectivity index (χ3n) is 4.34. The van der Waals surface area contributed by atoms with Crippen LogP contribution >= 0.6 is 24.0 Å². The van der Waals surface area contributed by atoms with E-state index >= 15 is 0 Å². The zero-order chi connectivity index (χ0) is 17.1. The number of nitrogens with zero attached hydrogens (tertiary/aromatic N) is 2. The summed E-state index contributed by atoms with van der Waals surface area (Å²) in [5.74, 6) is 0.141. The van der Waals surface area contributed by atoms with Crippen molar-refractivity contribution in [1.82, 2.24) is 20.4 Å². The summed E-state index contributed by atoms with van der Waals surface area (Å²) in [6.07, 6.45) is 3.60. The Hall–Kier alpha value is -1.56. The first-order valence-electron chi connectivity index (χ1n) is 8.41. The third kappa shape index (κ3) is 4.54. The van der Waals surface area contributed by atoms with Crippen molar-refractivity contribution >= 4 is 29.9 Å². The molecule has 1 aliphatic heterocycles. The second-order valence-corrected chi connectivity index (χ2v) is 6.92. The van der Waals surface area contributed by atoms with Crippen LogP contribution in [-0.4, -0.2) is 34.8 Å². The van der Waals surface area contributed by atoms with Crippen LogP contribution in [0, 0.1) is 0 Å². The molecule has 1 fully saturated rings. The Balaban J connectivity index is 0.00000225. The monoisotopic (exact) mass is 382 g/mol. The van der Waals surface area contributed by atoms with E-state index < -0.39 is 0 Å². The molecule has 2 heterocycles. The molecule has 0 saturated carbocycles. The van der Waals surface area contributed by atoms with Crippen LogP contribution < -0.4 is 10.6 Å². The van der Waals surface area contributed by atoms with Crippen molar-refractivity contribution < 1.29 is 4.79 Å². The predicted octanol–water partition coefficient (Wildman–Crippen LogP) is 3.55. The van der Waals surface area contributed by atoms with Crippen LogP contribution in [0.4, 0.5) is 0 Å². The summed E-state index contributed by atoms with van der Waals surface area (Å²) in [6, 6.07) is 7.72. The first-order valence-corrected chi connectivity index (χ1v) is 8.79. The summed E-state index contributed by atoms with van der Waals surface area (Å²) in [5.41, 5.74) is 2.48. The van der Waals surface area contributed by atoms with Gasteiger partial charge in [0.25, 0.3) is 5.91 Å². The molecule has 136 valence electrons. The van der Waals surface area contributed by atoms with Crippen LogP contribution in [0.3, 0.4) is 0 Å². The number of nitrogens with one attached hydrogen (secondary N) is 2. The van der Waals surface area contributed by atoms with Gasteiger partial charge in [0.15, 0.2) is 0 Å². The SMILES string of the molecule is CC(C)c1c(C(=O)NC2CCNCC2)cnn1-c1ccc(Cl)cc1.Cl. The second-order valence-electron chi connectivity index (χ2n) is 6.48. The molecule has 1 aromatic heterocycles. The zero-order valence-electron chi connectivity index (χ0n) is 14.5. The molecule has 1 aliphatic rings. The van der Waals surface area contributed by atoms with Gasteiger partial charge in [0.1, 0.15) is 0 Å². The van der Waals surface area contributed by atoms with Gasteiger partial charge in [-0.15, -0.1) is 12.4 Å². The van der Waals surface area contributed by atoms with E-state index in [1.54, 1.807) is 6.20 Å². The Morgan fingerprint density at radius 2 is 1.92 bits per heavy atom. The number of piperidine rings is 1. The molecular weight excluding hydrogens is 359 g/mol. The molecule has 2 N–H and O–H groups in total. The molecule has 5 nitrogen and oxygen atoms in total. The van der Waals surface area contributed by atoms with E-state index in [1.807, 2.05) is 28.9 Å². The van der Waals surface area contributed by atoms with Crippen molar-refractivity contribution in [3.63, 3.8) is 0 Å². The molecule has 1 aromatic carbocycles. The molecule has 1 saturated heterocycles. The minimum absolute atomic E-state index is 0. The maximum Gasteiger partial charge on any atom is 0.255 e. The summed E-state index contributed by atoms with van der Waals surface area (Å²) in [5, 5.41) is 11.6. The van der Waals surface area contributed by atoms with Crippen LogP contribution in [-0.2, 0) is 0 Å². The van der Waals surface area contributed by atoms with Gasteiger partial charge in [-0.05, 0) is 56.1 Å². The molecule has 0 bridgehead atoms. The summed E-state index contributed by atoms with van der Waals surface area (Å²) >= 11 is 5.97. The van der Waals surface area contributed by atoms with Crippen LogP contribution in [0.25, 0.3) is 5.69 Å². The van der Waals surface area contributed by atoms with E-state index in [1.165, 1.54) is 0 Å². The highest BCUT2D eigenvalue weighted by Crippen LogP contribution is 2.24. The standard InChI is InChI=1S/C18H23ClN4O.ClH/c1-12(2)17-16(18(24)22-14-7-9-20-10-8-14)11-21-23(17)15-5-3-13(19)4-6-15;/h3-6,11-12,14,20H,7-10H2,1-2H3,(H,22,24);1H. The largest absolute Gasteiger partial charge is 0.349 e. The molecule has 0 aliphatic carbocycles. The van der Waals surface area contributed by atoms with Crippen LogP contribution in [0.15, 0.2) is 30.5 Å². The van der Waals surface area contributed by atoms with Gasteiger partial charge >= 0.3 is 0 Å². The summed E-state index contributed by atoms with van der Waals surface area (Å²) < 4.78 is 1.83. The first-order chi connectivity index (χ1) is 11.6. The topological polar surface area (TPSA) is 59.0 Å². The molecule has 0 unspecified atom stereocenters. The highest BCUT2D eigenvalue weighted by molar-refractivity contribution is 6.30. The fraction of sp³-hybridized carbons (Fsp3) is 0.444. The van der Waals surface area contributed by atoms with Gasteiger partial charge in [-0.2, -0.15) is 5.10 Å². The fourth-order valence-corrected chi connectivity index (χ4v) is 3.23. The lowest BCUT2D eigenvalue weighted by atomic mass is 10.0. The van der Waals surface area contributed by atoms with E-state index in [2.05, 4.69) is 29.6 Å². The number of benzene rings is 1. The maximum absolute atomic E-state index is 12.7.